The molecule has 0 atom stereocenters. The second-order valence-electron chi connectivity index (χ2n) is 4.56. The number of carbonyl (C=O) groups is 2. The van der Waals surface area contributed by atoms with Crippen LogP contribution in [0.25, 0.3) is 0 Å². The average Bonchev–Trinajstić information content (AvgIpc) is 2.72. The van der Waals surface area contributed by atoms with Crippen LogP contribution in [0.15, 0.2) is 18.2 Å². The van der Waals surface area contributed by atoms with Crippen LogP contribution in [0.1, 0.15) is 32.3 Å². The summed E-state index contributed by atoms with van der Waals surface area (Å²) in [6.07, 6.45) is 2.24. The van der Waals surface area contributed by atoms with E-state index in [1.54, 1.807) is 11.8 Å². The Balaban J connectivity index is 2.19. The van der Waals surface area contributed by atoms with Gasteiger partial charge >= 0.3 is 0 Å². The van der Waals surface area contributed by atoms with E-state index in [0.717, 1.165) is 30.8 Å². The van der Waals surface area contributed by atoms with Crippen molar-refractivity contribution in [1.29, 1.82) is 0 Å². The average molecular weight is 246 g/mol. The molecule has 4 nitrogen and oxygen atoms in total. The minimum Gasteiger partial charge on any atom is -0.326 e. The Morgan fingerprint density at radius 1 is 1.39 bits per heavy atom. The normalized spacial score (nSPS) is 13.3. The van der Waals surface area contributed by atoms with Crippen LogP contribution in [0.5, 0.6) is 0 Å². The van der Waals surface area contributed by atoms with Crippen molar-refractivity contribution in [2.75, 3.05) is 16.8 Å². The Bertz CT molecular complexity index is 483. The first-order valence-corrected chi connectivity index (χ1v) is 6.32. The molecule has 0 bridgehead atoms. The molecule has 0 radical (unpaired) electrons. The summed E-state index contributed by atoms with van der Waals surface area (Å²) in [6, 6.07) is 5.77. The summed E-state index contributed by atoms with van der Waals surface area (Å²) in [5, 5.41) is 2.86. The number of hydrogen-bond donors (Lipinski definition) is 1. The number of nitrogens with zero attached hydrogens (tertiary/aromatic N) is 1. The van der Waals surface area contributed by atoms with Crippen molar-refractivity contribution in [2.45, 2.75) is 33.1 Å². The van der Waals surface area contributed by atoms with Crippen LogP contribution in [0.4, 0.5) is 11.4 Å². The second-order valence-corrected chi connectivity index (χ2v) is 4.56. The van der Waals surface area contributed by atoms with Crippen molar-refractivity contribution >= 4 is 23.2 Å². The van der Waals surface area contributed by atoms with E-state index in [1.165, 1.54) is 5.56 Å². The van der Waals surface area contributed by atoms with Crippen molar-refractivity contribution in [2.24, 2.45) is 0 Å². The fourth-order valence-electron chi connectivity index (χ4n) is 2.23. The standard InChI is InChI=1S/C14H18N2O2/c1-3-4-14(18)15-12-6-5-11-7-8-16(10(2)17)13(11)9-12/h5-6,9H,3-4,7-8H2,1-2H3,(H,15,18). The van der Waals surface area contributed by atoms with E-state index in [0.29, 0.717) is 6.42 Å². The molecular weight excluding hydrogens is 228 g/mol. The molecule has 1 heterocycles. The highest BCUT2D eigenvalue weighted by molar-refractivity contribution is 5.96. The quantitative estimate of drug-likeness (QED) is 0.889. The van der Waals surface area contributed by atoms with Crippen molar-refractivity contribution < 1.29 is 9.59 Å². The molecule has 0 saturated heterocycles. The lowest BCUT2D eigenvalue weighted by atomic mass is 10.1. The van der Waals surface area contributed by atoms with Gasteiger partial charge in [-0.05, 0) is 30.5 Å². The molecule has 0 fully saturated rings. The number of rotatable bonds is 3. The lowest BCUT2D eigenvalue weighted by molar-refractivity contribution is -0.117. The smallest absolute Gasteiger partial charge is 0.224 e. The third-order valence-electron chi connectivity index (χ3n) is 3.12. The van der Waals surface area contributed by atoms with Crippen LogP contribution < -0.4 is 10.2 Å². The van der Waals surface area contributed by atoms with Crippen LogP contribution in [0.3, 0.4) is 0 Å². The highest BCUT2D eigenvalue weighted by Gasteiger charge is 2.22. The van der Waals surface area contributed by atoms with Gasteiger partial charge in [-0.1, -0.05) is 13.0 Å². The highest BCUT2D eigenvalue weighted by Crippen LogP contribution is 2.30. The largest absolute Gasteiger partial charge is 0.326 e. The van der Waals surface area contributed by atoms with Gasteiger partial charge in [0.1, 0.15) is 0 Å². The lowest BCUT2D eigenvalue weighted by Gasteiger charge is -2.15. The van der Waals surface area contributed by atoms with Crippen LogP contribution >= 0.6 is 0 Å². The Morgan fingerprint density at radius 2 is 2.17 bits per heavy atom. The van der Waals surface area contributed by atoms with Gasteiger partial charge in [0.15, 0.2) is 0 Å². The first-order valence-electron chi connectivity index (χ1n) is 6.32. The number of nitrogens with one attached hydrogen (secondary N) is 1. The molecule has 0 unspecified atom stereocenters. The van der Waals surface area contributed by atoms with Gasteiger partial charge < -0.3 is 10.2 Å². The molecule has 1 aliphatic rings. The van der Waals surface area contributed by atoms with E-state index in [4.69, 9.17) is 0 Å². The second kappa shape index (κ2) is 5.21. The third kappa shape index (κ3) is 2.53. The summed E-state index contributed by atoms with van der Waals surface area (Å²) in [7, 11) is 0. The number of benzene rings is 1. The van der Waals surface area contributed by atoms with Crippen LogP contribution in [0.2, 0.25) is 0 Å². The number of amides is 2. The Labute approximate surface area is 107 Å². The summed E-state index contributed by atoms with van der Waals surface area (Å²) < 4.78 is 0. The molecule has 0 aromatic heterocycles. The molecular formula is C14H18N2O2. The molecule has 1 aliphatic heterocycles. The zero-order valence-corrected chi connectivity index (χ0v) is 10.8. The maximum Gasteiger partial charge on any atom is 0.224 e. The van der Waals surface area contributed by atoms with Gasteiger partial charge in [-0.2, -0.15) is 0 Å². The molecule has 2 rings (SSSR count). The Morgan fingerprint density at radius 3 is 2.83 bits per heavy atom. The molecule has 0 aliphatic carbocycles. The lowest BCUT2D eigenvalue weighted by Crippen LogP contribution is -2.25. The fourth-order valence-corrected chi connectivity index (χ4v) is 2.23. The molecule has 18 heavy (non-hydrogen) atoms. The molecule has 1 N–H and O–H groups in total. The predicted molar refractivity (Wildman–Crippen MR) is 71.7 cm³/mol. The molecule has 1 aromatic rings. The Kier molecular flexibility index (Phi) is 3.65. The van der Waals surface area contributed by atoms with E-state index < -0.39 is 0 Å². The molecule has 2 amide bonds. The number of fused-ring (bicyclic) bond motifs is 1. The summed E-state index contributed by atoms with van der Waals surface area (Å²) in [5.41, 5.74) is 2.86. The van der Waals surface area contributed by atoms with Crippen molar-refractivity contribution in [3.63, 3.8) is 0 Å². The van der Waals surface area contributed by atoms with Gasteiger partial charge in [0.05, 0.1) is 0 Å². The van der Waals surface area contributed by atoms with Gasteiger partial charge in [-0.3, -0.25) is 9.59 Å². The summed E-state index contributed by atoms with van der Waals surface area (Å²) >= 11 is 0. The van der Waals surface area contributed by atoms with Crippen molar-refractivity contribution in [1.82, 2.24) is 0 Å². The van der Waals surface area contributed by atoms with Gasteiger partial charge in [0, 0.05) is 31.3 Å². The van der Waals surface area contributed by atoms with Crippen LogP contribution in [0, 0.1) is 0 Å². The highest BCUT2D eigenvalue weighted by atomic mass is 16.2. The van der Waals surface area contributed by atoms with Crippen molar-refractivity contribution in [3.8, 4) is 0 Å². The molecule has 1 aromatic carbocycles. The predicted octanol–water partition coefficient (Wildman–Crippen LogP) is 2.33. The van der Waals surface area contributed by atoms with E-state index in [2.05, 4.69) is 5.32 Å². The molecule has 4 heteroatoms. The topological polar surface area (TPSA) is 49.4 Å². The van der Waals surface area contributed by atoms with Gasteiger partial charge in [-0.25, -0.2) is 0 Å². The molecule has 96 valence electrons. The number of hydrogen-bond acceptors (Lipinski definition) is 2. The monoisotopic (exact) mass is 246 g/mol. The van der Waals surface area contributed by atoms with Gasteiger partial charge in [0.25, 0.3) is 0 Å². The summed E-state index contributed by atoms with van der Waals surface area (Å²) in [5.74, 6) is 0.0654. The number of anilines is 2. The van der Waals surface area contributed by atoms with Crippen molar-refractivity contribution in [3.05, 3.63) is 23.8 Å². The minimum absolute atomic E-state index is 0.0184. The Hall–Kier alpha value is -1.84. The first kappa shape index (κ1) is 12.6. The number of carbonyl (C=O) groups excluding carboxylic acids is 2. The SMILES string of the molecule is CCCC(=O)Nc1ccc2c(c1)N(C(C)=O)CC2. The maximum absolute atomic E-state index is 11.5. The molecule has 0 saturated carbocycles. The minimum atomic E-state index is 0.0184. The first-order chi connectivity index (χ1) is 8.61. The van der Waals surface area contributed by atoms with E-state index in [9.17, 15) is 9.59 Å². The van der Waals surface area contributed by atoms with Crippen LogP contribution in [-0.2, 0) is 16.0 Å². The fraction of sp³-hybridized carbons (Fsp3) is 0.429. The van der Waals surface area contributed by atoms with Gasteiger partial charge in [0.2, 0.25) is 11.8 Å². The van der Waals surface area contributed by atoms with Gasteiger partial charge in [-0.15, -0.1) is 0 Å². The summed E-state index contributed by atoms with van der Waals surface area (Å²) in [4.78, 5) is 24.8. The molecule has 0 spiro atoms. The third-order valence-corrected chi connectivity index (χ3v) is 3.12. The van der Waals surface area contributed by atoms with Crippen LogP contribution in [-0.4, -0.2) is 18.4 Å². The summed E-state index contributed by atoms with van der Waals surface area (Å²) in [6.45, 7) is 4.27. The van der Waals surface area contributed by atoms with E-state index in [1.807, 2.05) is 25.1 Å². The maximum atomic E-state index is 11.5. The zero-order chi connectivity index (χ0) is 13.1. The zero-order valence-electron chi connectivity index (χ0n) is 10.8. The van der Waals surface area contributed by atoms with E-state index in [-0.39, 0.29) is 11.8 Å². The van der Waals surface area contributed by atoms with E-state index >= 15 is 0 Å².